The third-order valence-electron chi connectivity index (χ3n) is 2.95. The summed E-state index contributed by atoms with van der Waals surface area (Å²) in [5.74, 6) is -1.11. The number of aromatic nitrogens is 1. The summed E-state index contributed by atoms with van der Waals surface area (Å²) in [6, 6.07) is 7.73. The molecule has 2 amide bonds. The molecule has 0 fully saturated rings. The van der Waals surface area contributed by atoms with Gasteiger partial charge in [-0.2, -0.15) is 0 Å². The van der Waals surface area contributed by atoms with Gasteiger partial charge in [-0.05, 0) is 42.3 Å². The molecule has 0 saturated heterocycles. The first-order chi connectivity index (χ1) is 10.5. The maximum absolute atomic E-state index is 13.5. The summed E-state index contributed by atoms with van der Waals surface area (Å²) in [5.41, 5.74) is 1.49. The van der Waals surface area contributed by atoms with Crippen LogP contribution in [0.4, 0.5) is 15.8 Å². The average molecular weight is 301 g/mol. The predicted octanol–water partition coefficient (Wildman–Crippen LogP) is 2.75. The molecule has 0 unspecified atom stereocenters. The van der Waals surface area contributed by atoms with Gasteiger partial charge in [-0.25, -0.2) is 4.39 Å². The zero-order valence-corrected chi connectivity index (χ0v) is 12.1. The molecule has 0 spiro atoms. The summed E-state index contributed by atoms with van der Waals surface area (Å²) in [6.07, 6.45) is 4.24. The molecule has 22 heavy (non-hydrogen) atoms. The lowest BCUT2D eigenvalue weighted by molar-refractivity contribution is -0.116. The molecule has 114 valence electrons. The number of anilines is 2. The van der Waals surface area contributed by atoms with Gasteiger partial charge in [-0.15, -0.1) is 0 Å². The molecule has 1 aromatic heterocycles. The Morgan fingerprint density at radius 3 is 2.55 bits per heavy atom. The highest BCUT2D eigenvalue weighted by Crippen LogP contribution is 2.20. The second kappa shape index (κ2) is 7.31. The molecule has 0 bridgehead atoms. The van der Waals surface area contributed by atoms with Gasteiger partial charge in [-0.3, -0.25) is 14.6 Å². The summed E-state index contributed by atoms with van der Waals surface area (Å²) in [5, 5.41) is 5.05. The standard InChI is InChI=1S/C16H16FN3O2/c1-11(21)19-15-10-13(3-4-14(15)17)20-16(22)5-2-12-6-8-18-9-7-12/h3-4,6-10H,2,5H2,1H3,(H,19,21)(H,20,22). The summed E-state index contributed by atoms with van der Waals surface area (Å²) < 4.78 is 13.5. The van der Waals surface area contributed by atoms with Crippen molar-refractivity contribution in [2.75, 3.05) is 10.6 Å². The highest BCUT2D eigenvalue weighted by atomic mass is 19.1. The van der Waals surface area contributed by atoms with E-state index in [-0.39, 0.29) is 17.5 Å². The van der Waals surface area contributed by atoms with E-state index in [1.807, 2.05) is 12.1 Å². The summed E-state index contributed by atoms with van der Waals surface area (Å²) in [7, 11) is 0. The average Bonchev–Trinajstić information content (AvgIpc) is 2.49. The molecule has 6 heteroatoms. The molecule has 0 radical (unpaired) electrons. The number of benzene rings is 1. The van der Waals surface area contributed by atoms with Crippen molar-refractivity contribution in [2.45, 2.75) is 19.8 Å². The minimum Gasteiger partial charge on any atom is -0.326 e. The smallest absolute Gasteiger partial charge is 0.224 e. The molecule has 1 aromatic carbocycles. The summed E-state index contributed by atoms with van der Waals surface area (Å²) in [6.45, 7) is 1.29. The van der Waals surface area contributed by atoms with Crippen LogP contribution in [-0.2, 0) is 16.0 Å². The summed E-state index contributed by atoms with van der Waals surface area (Å²) in [4.78, 5) is 26.8. The van der Waals surface area contributed by atoms with E-state index in [9.17, 15) is 14.0 Å². The third kappa shape index (κ3) is 4.66. The van der Waals surface area contributed by atoms with Crippen LogP contribution in [0.1, 0.15) is 18.9 Å². The van der Waals surface area contributed by atoms with Gasteiger partial charge in [-0.1, -0.05) is 0 Å². The van der Waals surface area contributed by atoms with Gasteiger partial charge in [0.15, 0.2) is 0 Å². The van der Waals surface area contributed by atoms with Crippen molar-refractivity contribution < 1.29 is 14.0 Å². The maximum Gasteiger partial charge on any atom is 0.224 e. The zero-order valence-electron chi connectivity index (χ0n) is 12.1. The van der Waals surface area contributed by atoms with E-state index < -0.39 is 5.82 Å². The number of hydrogen-bond donors (Lipinski definition) is 2. The van der Waals surface area contributed by atoms with Crippen LogP contribution in [0.3, 0.4) is 0 Å². The number of pyridine rings is 1. The van der Waals surface area contributed by atoms with Gasteiger partial charge in [0.1, 0.15) is 5.82 Å². The van der Waals surface area contributed by atoms with Crippen molar-refractivity contribution in [2.24, 2.45) is 0 Å². The second-order valence-electron chi connectivity index (χ2n) is 4.78. The molecule has 0 atom stereocenters. The van der Waals surface area contributed by atoms with Crippen LogP contribution in [0.2, 0.25) is 0 Å². The van der Waals surface area contributed by atoms with Crippen LogP contribution in [0.15, 0.2) is 42.7 Å². The van der Waals surface area contributed by atoms with Crippen molar-refractivity contribution >= 4 is 23.2 Å². The Hall–Kier alpha value is -2.76. The second-order valence-corrected chi connectivity index (χ2v) is 4.78. The van der Waals surface area contributed by atoms with Gasteiger partial charge >= 0.3 is 0 Å². The third-order valence-corrected chi connectivity index (χ3v) is 2.95. The van der Waals surface area contributed by atoms with Gasteiger partial charge in [0.05, 0.1) is 5.69 Å². The van der Waals surface area contributed by atoms with Crippen LogP contribution < -0.4 is 10.6 Å². The van der Waals surface area contributed by atoms with E-state index in [1.165, 1.54) is 25.1 Å². The Balaban J connectivity index is 1.95. The topological polar surface area (TPSA) is 71.1 Å². The molecule has 2 N–H and O–H groups in total. The number of amides is 2. The number of halogens is 1. The fourth-order valence-corrected chi connectivity index (χ4v) is 1.92. The Kier molecular flexibility index (Phi) is 5.19. The number of carbonyl (C=O) groups is 2. The lowest BCUT2D eigenvalue weighted by Crippen LogP contribution is -2.13. The highest BCUT2D eigenvalue weighted by Gasteiger charge is 2.08. The Labute approximate surface area is 127 Å². The van der Waals surface area contributed by atoms with E-state index in [1.54, 1.807) is 12.4 Å². The lowest BCUT2D eigenvalue weighted by atomic mass is 10.1. The minimum atomic E-state index is -0.551. The molecule has 1 heterocycles. The van der Waals surface area contributed by atoms with Crippen molar-refractivity contribution in [3.63, 3.8) is 0 Å². The molecule has 0 aliphatic carbocycles. The van der Waals surface area contributed by atoms with Crippen LogP contribution in [0.5, 0.6) is 0 Å². The fraction of sp³-hybridized carbons (Fsp3) is 0.188. The Morgan fingerprint density at radius 2 is 1.86 bits per heavy atom. The van der Waals surface area contributed by atoms with Crippen molar-refractivity contribution in [3.05, 3.63) is 54.1 Å². The molecule has 0 aliphatic rings. The molecule has 2 aromatic rings. The number of aryl methyl sites for hydroxylation is 1. The van der Waals surface area contributed by atoms with E-state index in [4.69, 9.17) is 0 Å². The van der Waals surface area contributed by atoms with Crippen molar-refractivity contribution in [1.82, 2.24) is 4.98 Å². The SMILES string of the molecule is CC(=O)Nc1cc(NC(=O)CCc2ccncc2)ccc1F. The first kappa shape index (κ1) is 15.6. The van der Waals surface area contributed by atoms with Gasteiger partial charge in [0.2, 0.25) is 11.8 Å². The van der Waals surface area contributed by atoms with Crippen LogP contribution >= 0.6 is 0 Å². The molecular weight excluding hydrogens is 285 g/mol. The van der Waals surface area contributed by atoms with Crippen molar-refractivity contribution in [3.8, 4) is 0 Å². The Morgan fingerprint density at radius 1 is 1.14 bits per heavy atom. The van der Waals surface area contributed by atoms with Crippen LogP contribution in [-0.4, -0.2) is 16.8 Å². The van der Waals surface area contributed by atoms with Gasteiger partial charge < -0.3 is 10.6 Å². The predicted molar refractivity (Wildman–Crippen MR) is 81.9 cm³/mol. The first-order valence-electron chi connectivity index (χ1n) is 6.80. The van der Waals surface area contributed by atoms with Crippen LogP contribution in [0.25, 0.3) is 0 Å². The van der Waals surface area contributed by atoms with E-state index in [0.29, 0.717) is 18.5 Å². The lowest BCUT2D eigenvalue weighted by Gasteiger charge is -2.09. The largest absolute Gasteiger partial charge is 0.326 e. The summed E-state index contributed by atoms with van der Waals surface area (Å²) >= 11 is 0. The molecule has 2 rings (SSSR count). The molecule has 0 aliphatic heterocycles. The number of nitrogens with one attached hydrogen (secondary N) is 2. The number of hydrogen-bond acceptors (Lipinski definition) is 3. The number of rotatable bonds is 5. The van der Waals surface area contributed by atoms with E-state index >= 15 is 0 Å². The highest BCUT2D eigenvalue weighted by molar-refractivity contribution is 5.93. The number of nitrogens with zero attached hydrogens (tertiary/aromatic N) is 1. The maximum atomic E-state index is 13.5. The van der Waals surface area contributed by atoms with E-state index in [0.717, 1.165) is 5.56 Å². The molecule has 0 saturated carbocycles. The van der Waals surface area contributed by atoms with Crippen molar-refractivity contribution in [1.29, 1.82) is 0 Å². The normalized spacial score (nSPS) is 10.1. The zero-order chi connectivity index (χ0) is 15.9. The quantitative estimate of drug-likeness (QED) is 0.892. The van der Waals surface area contributed by atoms with Crippen LogP contribution in [0, 0.1) is 5.82 Å². The Bertz CT molecular complexity index is 674. The monoisotopic (exact) mass is 301 g/mol. The fourth-order valence-electron chi connectivity index (χ4n) is 1.92. The minimum absolute atomic E-state index is 0.0411. The van der Waals surface area contributed by atoms with Gasteiger partial charge in [0.25, 0.3) is 0 Å². The number of carbonyl (C=O) groups excluding carboxylic acids is 2. The van der Waals surface area contributed by atoms with Gasteiger partial charge in [0, 0.05) is 31.4 Å². The molecule has 5 nitrogen and oxygen atoms in total. The van der Waals surface area contributed by atoms with E-state index in [2.05, 4.69) is 15.6 Å². The molecular formula is C16H16FN3O2. The first-order valence-corrected chi connectivity index (χ1v) is 6.80.